The van der Waals surface area contributed by atoms with Crippen LogP contribution in [-0.2, 0) is 13.1 Å². The molecule has 1 amide bonds. The number of carbonyl (C=O) groups is 2. The van der Waals surface area contributed by atoms with Crippen LogP contribution in [0.3, 0.4) is 0 Å². The average Bonchev–Trinajstić information content (AvgIpc) is 3.33. The molecule has 1 aliphatic carbocycles. The molecule has 1 saturated carbocycles. The van der Waals surface area contributed by atoms with Gasteiger partial charge in [0.2, 0.25) is 0 Å². The molecule has 0 saturated heterocycles. The highest BCUT2D eigenvalue weighted by Crippen LogP contribution is 2.37. The third-order valence-corrected chi connectivity index (χ3v) is 5.95. The molecule has 8 heteroatoms. The normalized spacial score (nSPS) is 16.1. The third kappa shape index (κ3) is 4.57. The molecule has 1 fully saturated rings. The van der Waals surface area contributed by atoms with Crippen molar-refractivity contribution < 1.29 is 19.8 Å². The summed E-state index contributed by atoms with van der Waals surface area (Å²) in [6.45, 7) is 1.61. The molecule has 4 N–H and O–H groups in total. The Labute approximate surface area is 174 Å². The summed E-state index contributed by atoms with van der Waals surface area (Å²) in [6.07, 6.45) is 4.54. The SMILES string of the molecule is NCC1CCCC1.O=C(O)c1c(Cl)c(-c2ccccc2)n2c1CN(C(=O)O)CC2. The maximum Gasteiger partial charge on any atom is 0.407 e. The quantitative estimate of drug-likeness (QED) is 0.692. The van der Waals surface area contributed by atoms with Gasteiger partial charge in [-0.25, -0.2) is 9.59 Å². The fourth-order valence-electron chi connectivity index (χ4n) is 4.03. The van der Waals surface area contributed by atoms with Gasteiger partial charge in [0.15, 0.2) is 0 Å². The Morgan fingerprint density at radius 1 is 1.10 bits per heavy atom. The van der Waals surface area contributed by atoms with E-state index in [4.69, 9.17) is 22.4 Å². The van der Waals surface area contributed by atoms with E-state index in [1.54, 1.807) is 4.57 Å². The Kier molecular flexibility index (Phi) is 6.82. The first-order chi connectivity index (χ1) is 13.9. The maximum absolute atomic E-state index is 11.6. The van der Waals surface area contributed by atoms with Crippen LogP contribution in [0.2, 0.25) is 5.02 Å². The van der Waals surface area contributed by atoms with Crippen LogP contribution in [0.4, 0.5) is 4.79 Å². The van der Waals surface area contributed by atoms with Crippen LogP contribution in [0.5, 0.6) is 0 Å². The summed E-state index contributed by atoms with van der Waals surface area (Å²) in [5.74, 6) is -0.275. The van der Waals surface area contributed by atoms with Gasteiger partial charge in [-0.05, 0) is 30.9 Å². The molecule has 2 aromatic rings. The van der Waals surface area contributed by atoms with Crippen LogP contribution in [-0.4, -0.2) is 44.8 Å². The molecular weight excluding hydrogens is 394 g/mol. The number of halogens is 1. The van der Waals surface area contributed by atoms with Gasteiger partial charge in [-0.2, -0.15) is 0 Å². The first-order valence-electron chi connectivity index (χ1n) is 9.81. The Balaban J connectivity index is 0.000000290. The highest BCUT2D eigenvalue weighted by atomic mass is 35.5. The molecule has 2 aliphatic rings. The molecule has 156 valence electrons. The number of nitrogens with two attached hydrogens (primary N) is 1. The van der Waals surface area contributed by atoms with Gasteiger partial charge in [0.1, 0.15) is 5.56 Å². The van der Waals surface area contributed by atoms with Crippen molar-refractivity contribution in [1.29, 1.82) is 0 Å². The summed E-state index contributed by atoms with van der Waals surface area (Å²) in [4.78, 5) is 23.9. The van der Waals surface area contributed by atoms with Crippen LogP contribution in [0.1, 0.15) is 41.7 Å². The highest BCUT2D eigenvalue weighted by molar-refractivity contribution is 6.36. The van der Waals surface area contributed by atoms with E-state index >= 15 is 0 Å². The number of carboxylic acid groups (broad SMARTS) is 2. The topological polar surface area (TPSA) is 109 Å². The standard InChI is InChI=1S/C15H13ClN2O4.C6H13N/c16-12-11(14(19)20)10-8-17(15(21)22)6-7-18(10)13(12)9-4-2-1-3-5-9;7-5-6-3-1-2-4-6/h1-5H,6-8H2,(H,19,20)(H,21,22);6H,1-5,7H2. The number of benzene rings is 1. The fourth-order valence-corrected chi connectivity index (χ4v) is 4.43. The number of nitrogens with zero attached hydrogens (tertiary/aromatic N) is 2. The second-order valence-electron chi connectivity index (χ2n) is 7.40. The molecule has 1 aliphatic heterocycles. The van der Waals surface area contributed by atoms with Crippen LogP contribution in [0.25, 0.3) is 11.3 Å². The lowest BCUT2D eigenvalue weighted by molar-refractivity contribution is 0.0691. The van der Waals surface area contributed by atoms with E-state index in [1.807, 2.05) is 30.3 Å². The van der Waals surface area contributed by atoms with Crippen LogP contribution >= 0.6 is 11.6 Å². The first-order valence-corrected chi connectivity index (χ1v) is 10.2. The molecule has 0 spiro atoms. The highest BCUT2D eigenvalue weighted by Gasteiger charge is 2.31. The van der Waals surface area contributed by atoms with Crippen molar-refractivity contribution in [1.82, 2.24) is 9.47 Å². The Bertz CT molecular complexity index is 876. The van der Waals surface area contributed by atoms with E-state index < -0.39 is 12.1 Å². The van der Waals surface area contributed by atoms with Gasteiger partial charge in [0.25, 0.3) is 0 Å². The van der Waals surface area contributed by atoms with Gasteiger partial charge < -0.3 is 25.4 Å². The summed E-state index contributed by atoms with van der Waals surface area (Å²) in [5, 5.41) is 18.7. The van der Waals surface area contributed by atoms with Crippen LogP contribution < -0.4 is 5.73 Å². The number of hydrogen-bond acceptors (Lipinski definition) is 3. The third-order valence-electron chi connectivity index (χ3n) is 5.59. The van der Waals surface area contributed by atoms with Gasteiger partial charge in [-0.15, -0.1) is 0 Å². The summed E-state index contributed by atoms with van der Waals surface area (Å²) < 4.78 is 1.81. The van der Waals surface area contributed by atoms with Gasteiger partial charge in [-0.1, -0.05) is 54.8 Å². The molecule has 1 aromatic heterocycles. The predicted molar refractivity (Wildman–Crippen MR) is 111 cm³/mol. The Morgan fingerprint density at radius 2 is 1.76 bits per heavy atom. The molecular formula is C21H26ClN3O4. The molecule has 29 heavy (non-hydrogen) atoms. The smallest absolute Gasteiger partial charge is 0.407 e. The predicted octanol–water partition coefficient (Wildman–Crippen LogP) is 4.14. The molecule has 2 heterocycles. The lowest BCUT2D eigenvalue weighted by Gasteiger charge is -2.27. The van der Waals surface area contributed by atoms with Crippen molar-refractivity contribution in [3.63, 3.8) is 0 Å². The van der Waals surface area contributed by atoms with Gasteiger partial charge in [0, 0.05) is 13.1 Å². The van der Waals surface area contributed by atoms with E-state index in [1.165, 1.54) is 30.6 Å². The van der Waals surface area contributed by atoms with Crippen molar-refractivity contribution in [3.8, 4) is 11.3 Å². The lowest BCUT2D eigenvalue weighted by Crippen LogP contribution is -2.37. The second kappa shape index (κ2) is 9.33. The van der Waals surface area contributed by atoms with E-state index in [2.05, 4.69) is 0 Å². The van der Waals surface area contributed by atoms with Crippen molar-refractivity contribution >= 4 is 23.7 Å². The maximum atomic E-state index is 11.6. The van der Waals surface area contributed by atoms with Crippen LogP contribution in [0, 0.1) is 5.92 Å². The fraction of sp³-hybridized carbons (Fsp3) is 0.429. The van der Waals surface area contributed by atoms with Crippen molar-refractivity contribution in [2.24, 2.45) is 11.7 Å². The zero-order valence-corrected chi connectivity index (χ0v) is 16.9. The number of fused-ring (bicyclic) bond motifs is 1. The van der Waals surface area contributed by atoms with E-state index in [0.29, 0.717) is 24.5 Å². The van der Waals surface area contributed by atoms with E-state index in [-0.39, 0.29) is 17.1 Å². The second-order valence-corrected chi connectivity index (χ2v) is 7.78. The van der Waals surface area contributed by atoms with Gasteiger partial charge >= 0.3 is 12.1 Å². The van der Waals surface area contributed by atoms with Crippen molar-refractivity contribution in [2.75, 3.05) is 13.1 Å². The number of hydrogen-bond donors (Lipinski definition) is 3. The largest absolute Gasteiger partial charge is 0.478 e. The summed E-state index contributed by atoms with van der Waals surface area (Å²) in [5.41, 5.74) is 7.27. The number of carboxylic acids is 1. The van der Waals surface area contributed by atoms with Gasteiger partial charge in [-0.3, -0.25) is 0 Å². The van der Waals surface area contributed by atoms with Gasteiger partial charge in [0.05, 0.1) is 23.0 Å². The van der Waals surface area contributed by atoms with E-state index in [0.717, 1.165) is 18.0 Å². The molecule has 0 unspecified atom stereocenters. The zero-order valence-electron chi connectivity index (χ0n) is 16.2. The van der Waals surface area contributed by atoms with Crippen molar-refractivity contribution in [3.05, 3.63) is 46.6 Å². The monoisotopic (exact) mass is 419 g/mol. The molecule has 4 rings (SSSR count). The van der Waals surface area contributed by atoms with E-state index in [9.17, 15) is 14.7 Å². The number of rotatable bonds is 3. The molecule has 7 nitrogen and oxygen atoms in total. The number of aromatic nitrogens is 1. The lowest BCUT2D eigenvalue weighted by atomic mass is 10.1. The number of aromatic carboxylic acids is 1. The minimum atomic E-state index is -1.15. The molecule has 0 atom stereocenters. The molecule has 0 radical (unpaired) electrons. The summed E-state index contributed by atoms with van der Waals surface area (Å²) in [7, 11) is 0. The Hall–Kier alpha value is -2.51. The minimum Gasteiger partial charge on any atom is -0.478 e. The zero-order chi connectivity index (χ0) is 21.0. The Morgan fingerprint density at radius 3 is 2.28 bits per heavy atom. The minimum absolute atomic E-state index is 0.0174. The molecule has 0 bridgehead atoms. The average molecular weight is 420 g/mol. The van der Waals surface area contributed by atoms with Crippen molar-refractivity contribution in [2.45, 2.75) is 38.8 Å². The number of amides is 1. The summed E-state index contributed by atoms with van der Waals surface area (Å²) in [6, 6.07) is 9.26. The summed E-state index contributed by atoms with van der Waals surface area (Å²) >= 11 is 6.31. The first kappa shape index (κ1) is 21.2. The molecule has 1 aromatic carbocycles. The van der Waals surface area contributed by atoms with Crippen LogP contribution in [0.15, 0.2) is 30.3 Å².